The Morgan fingerprint density at radius 2 is 2.12 bits per heavy atom. The number of hydrogen-bond donors (Lipinski definition) is 2. The van der Waals surface area contributed by atoms with E-state index in [0.717, 1.165) is 5.56 Å². The number of amides is 1. The van der Waals surface area contributed by atoms with Gasteiger partial charge in [0.15, 0.2) is 0 Å². The highest BCUT2D eigenvalue weighted by atomic mass is 19.1. The lowest BCUT2D eigenvalue weighted by atomic mass is 10.0. The third-order valence-corrected chi connectivity index (χ3v) is 3.96. The number of aromatic nitrogens is 1. The van der Waals surface area contributed by atoms with Gasteiger partial charge in [0.05, 0.1) is 18.3 Å². The van der Waals surface area contributed by atoms with Gasteiger partial charge in [-0.05, 0) is 42.7 Å². The molecule has 24 heavy (non-hydrogen) atoms. The Hall–Kier alpha value is -2.67. The van der Waals surface area contributed by atoms with Gasteiger partial charge in [-0.1, -0.05) is 12.1 Å². The van der Waals surface area contributed by atoms with Crippen LogP contribution in [-0.2, 0) is 13.0 Å². The summed E-state index contributed by atoms with van der Waals surface area (Å²) in [7, 11) is 0. The second-order valence-electron chi connectivity index (χ2n) is 5.69. The molecule has 126 valence electrons. The van der Waals surface area contributed by atoms with E-state index in [4.69, 9.17) is 4.74 Å². The maximum absolute atomic E-state index is 13.0. The first kappa shape index (κ1) is 16.2. The van der Waals surface area contributed by atoms with E-state index in [1.54, 1.807) is 25.1 Å². The van der Waals surface area contributed by atoms with E-state index < -0.39 is 6.09 Å². The summed E-state index contributed by atoms with van der Waals surface area (Å²) in [5, 5.41) is 19.0. The number of carbonyl (C=O) groups is 1. The highest BCUT2D eigenvalue weighted by Crippen LogP contribution is 2.34. The number of aliphatic hydroxyl groups excluding tert-OH is 1. The van der Waals surface area contributed by atoms with Gasteiger partial charge < -0.3 is 14.9 Å². The monoisotopic (exact) mass is 332 g/mol. The highest BCUT2D eigenvalue weighted by molar-refractivity contribution is 5.89. The number of rotatable bonds is 3. The van der Waals surface area contributed by atoms with Gasteiger partial charge in [-0.25, -0.2) is 14.2 Å². The van der Waals surface area contributed by atoms with Crippen molar-refractivity contribution in [1.29, 1.82) is 0 Å². The van der Waals surface area contributed by atoms with Crippen molar-refractivity contribution in [1.82, 2.24) is 4.98 Å². The van der Waals surface area contributed by atoms with E-state index in [-0.39, 0.29) is 31.0 Å². The highest BCUT2D eigenvalue weighted by Gasteiger charge is 2.31. The molecular weight excluding hydrogens is 315 g/mol. The van der Waals surface area contributed by atoms with Gasteiger partial charge in [-0.2, -0.15) is 0 Å². The Morgan fingerprint density at radius 1 is 1.42 bits per heavy atom. The molecule has 1 atom stereocenters. The van der Waals surface area contributed by atoms with E-state index in [1.165, 1.54) is 17.0 Å². The van der Waals surface area contributed by atoms with Crippen molar-refractivity contribution in [2.45, 2.75) is 26.0 Å². The van der Waals surface area contributed by atoms with Crippen molar-refractivity contribution in [3.63, 3.8) is 0 Å². The molecule has 2 aromatic rings. The van der Waals surface area contributed by atoms with Crippen LogP contribution in [0.5, 0.6) is 5.88 Å². The van der Waals surface area contributed by atoms with Crippen molar-refractivity contribution in [2.75, 3.05) is 11.5 Å². The second-order valence-corrected chi connectivity index (χ2v) is 5.69. The maximum atomic E-state index is 13.0. The topological polar surface area (TPSA) is 82.9 Å². The fourth-order valence-corrected chi connectivity index (χ4v) is 2.76. The molecule has 0 radical (unpaired) electrons. The third-order valence-electron chi connectivity index (χ3n) is 3.96. The predicted octanol–water partition coefficient (Wildman–Crippen LogP) is 2.57. The van der Waals surface area contributed by atoms with E-state index in [2.05, 4.69) is 4.98 Å². The molecule has 2 heterocycles. The normalized spacial score (nSPS) is 16.5. The summed E-state index contributed by atoms with van der Waals surface area (Å²) in [4.78, 5) is 17.0. The Kier molecular flexibility index (Phi) is 4.35. The first-order valence-corrected chi connectivity index (χ1v) is 7.52. The van der Waals surface area contributed by atoms with Crippen LogP contribution in [0.4, 0.5) is 14.9 Å². The lowest BCUT2D eigenvalue weighted by Crippen LogP contribution is -2.44. The first-order chi connectivity index (χ1) is 11.5. The zero-order valence-corrected chi connectivity index (χ0v) is 13.1. The number of fused-ring (bicyclic) bond motifs is 1. The van der Waals surface area contributed by atoms with Gasteiger partial charge in [-0.3, -0.25) is 4.90 Å². The molecule has 0 saturated heterocycles. The Morgan fingerprint density at radius 3 is 2.75 bits per heavy atom. The number of hydrogen-bond acceptors (Lipinski definition) is 4. The van der Waals surface area contributed by atoms with Crippen LogP contribution in [0.2, 0.25) is 0 Å². The minimum atomic E-state index is -1.08. The number of halogens is 1. The van der Waals surface area contributed by atoms with Gasteiger partial charge in [0.25, 0.3) is 0 Å². The summed E-state index contributed by atoms with van der Waals surface area (Å²) in [6.45, 7) is 1.65. The van der Waals surface area contributed by atoms with E-state index in [9.17, 15) is 19.4 Å². The van der Waals surface area contributed by atoms with E-state index in [0.29, 0.717) is 23.4 Å². The number of anilines is 1. The number of nitrogens with zero attached hydrogens (tertiary/aromatic N) is 2. The van der Waals surface area contributed by atoms with Crippen LogP contribution in [0.25, 0.3) is 0 Å². The minimum absolute atomic E-state index is 0.197. The zero-order valence-electron chi connectivity index (χ0n) is 13.1. The van der Waals surface area contributed by atoms with Gasteiger partial charge in [0.1, 0.15) is 18.1 Å². The Bertz CT molecular complexity index is 764. The third kappa shape index (κ3) is 3.03. The summed E-state index contributed by atoms with van der Waals surface area (Å²) in [6.07, 6.45) is -0.684. The Balaban J connectivity index is 2.03. The molecule has 0 bridgehead atoms. The molecule has 1 amide bonds. The zero-order chi connectivity index (χ0) is 17.3. The van der Waals surface area contributed by atoms with Crippen LogP contribution in [0.15, 0.2) is 30.3 Å². The molecule has 6 nitrogen and oxygen atoms in total. The fraction of sp³-hybridized carbons (Fsp3) is 0.294. The van der Waals surface area contributed by atoms with E-state index in [1.807, 2.05) is 0 Å². The Labute approximate surface area is 138 Å². The average molecular weight is 332 g/mol. The first-order valence-electron chi connectivity index (χ1n) is 7.52. The number of ether oxygens (including phenoxy) is 1. The number of pyridine rings is 1. The van der Waals surface area contributed by atoms with Crippen LogP contribution in [-0.4, -0.2) is 33.9 Å². The van der Waals surface area contributed by atoms with Crippen molar-refractivity contribution >= 4 is 11.8 Å². The minimum Gasteiger partial charge on any atom is -0.474 e. The number of aliphatic hydroxyl groups is 1. The van der Waals surface area contributed by atoms with Crippen molar-refractivity contribution < 1.29 is 24.1 Å². The van der Waals surface area contributed by atoms with Gasteiger partial charge in [-0.15, -0.1) is 0 Å². The van der Waals surface area contributed by atoms with Crippen LogP contribution < -0.4 is 9.64 Å². The molecule has 0 fully saturated rings. The molecule has 0 unspecified atom stereocenters. The summed E-state index contributed by atoms with van der Waals surface area (Å²) < 4.78 is 18.5. The van der Waals surface area contributed by atoms with Crippen LogP contribution in [0.1, 0.15) is 23.7 Å². The maximum Gasteiger partial charge on any atom is 0.412 e. The van der Waals surface area contributed by atoms with Crippen molar-refractivity contribution in [3.05, 3.63) is 53.0 Å². The molecule has 0 saturated carbocycles. The molecule has 2 N–H and O–H groups in total. The number of benzene rings is 1. The molecule has 1 aliphatic rings. The molecule has 1 aliphatic heterocycles. The predicted molar refractivity (Wildman–Crippen MR) is 84.8 cm³/mol. The van der Waals surface area contributed by atoms with Crippen LogP contribution >= 0.6 is 0 Å². The summed E-state index contributed by atoms with van der Waals surface area (Å²) in [5.74, 6) is -0.133. The lowest BCUT2D eigenvalue weighted by Gasteiger charge is -2.32. The number of carboxylic acid groups (broad SMARTS) is 1. The van der Waals surface area contributed by atoms with E-state index >= 15 is 0 Å². The lowest BCUT2D eigenvalue weighted by molar-refractivity contribution is 0.188. The van der Waals surface area contributed by atoms with Gasteiger partial charge in [0, 0.05) is 0 Å². The van der Waals surface area contributed by atoms with Crippen molar-refractivity contribution in [3.8, 4) is 5.88 Å². The summed E-state index contributed by atoms with van der Waals surface area (Å²) >= 11 is 0. The molecule has 0 spiro atoms. The van der Waals surface area contributed by atoms with Gasteiger partial charge >= 0.3 is 6.09 Å². The van der Waals surface area contributed by atoms with Crippen LogP contribution in [0.3, 0.4) is 0 Å². The quantitative estimate of drug-likeness (QED) is 0.903. The molecular formula is C17H17FN2O4. The smallest absolute Gasteiger partial charge is 0.412 e. The molecule has 7 heteroatoms. The second kappa shape index (κ2) is 6.45. The molecule has 3 rings (SSSR count). The largest absolute Gasteiger partial charge is 0.474 e. The summed E-state index contributed by atoms with van der Waals surface area (Å²) in [6, 6.07) is 7.33. The summed E-state index contributed by atoms with van der Waals surface area (Å²) in [5.41, 5.74) is 2.28. The van der Waals surface area contributed by atoms with Crippen molar-refractivity contribution in [2.24, 2.45) is 0 Å². The van der Waals surface area contributed by atoms with Crippen LogP contribution in [0, 0.1) is 5.82 Å². The molecule has 0 aliphatic carbocycles. The average Bonchev–Trinajstić information content (AvgIpc) is 2.56. The SMILES string of the molecule is C[C@H]1COc2nc(CO)c(Cc3ccc(F)cc3)cc2N1C(=O)O. The molecule has 1 aromatic carbocycles. The standard InChI is InChI=1S/C17H17FN2O4/c1-10-9-24-16-15(20(10)17(22)23)7-12(14(8-21)19-16)6-11-2-4-13(18)5-3-11/h2-5,7,10,21H,6,8-9H2,1H3,(H,22,23)/t10-/m0/s1. The van der Waals surface area contributed by atoms with Gasteiger partial charge in [0.2, 0.25) is 5.88 Å². The fourth-order valence-electron chi connectivity index (χ4n) is 2.76. The molecule has 1 aromatic heterocycles.